The van der Waals surface area contributed by atoms with Crippen LogP contribution in [0.2, 0.25) is 0 Å². The zero-order valence-corrected chi connectivity index (χ0v) is 17.9. The molecule has 1 aromatic carbocycles. The molecule has 0 unspecified atom stereocenters. The molecule has 0 aliphatic rings. The summed E-state index contributed by atoms with van der Waals surface area (Å²) in [6.45, 7) is 4.91. The van der Waals surface area contributed by atoms with Gasteiger partial charge in [-0.3, -0.25) is 4.79 Å². The first kappa shape index (κ1) is 23.1. The van der Waals surface area contributed by atoms with E-state index >= 15 is 0 Å². The van der Waals surface area contributed by atoms with Crippen LogP contribution in [0.25, 0.3) is 22.5 Å². The summed E-state index contributed by atoms with van der Waals surface area (Å²) in [7, 11) is 1.42. The summed E-state index contributed by atoms with van der Waals surface area (Å²) in [5.74, 6) is -0.301. The molecule has 0 fully saturated rings. The quantitative estimate of drug-likeness (QED) is 0.529. The first-order chi connectivity index (χ1) is 14.9. The predicted octanol–water partition coefficient (Wildman–Crippen LogP) is 4.96. The number of aromatic amines is 1. The van der Waals surface area contributed by atoms with Crippen molar-refractivity contribution in [2.24, 2.45) is 5.41 Å². The minimum absolute atomic E-state index is 0.0420. The largest absolute Gasteiger partial charge is 0.496 e. The number of hydrogen-bond acceptors (Lipinski definition) is 5. The number of ether oxygens (including phenoxy) is 2. The SMILES string of the molecule is COc1cc(-c2cnc(OCC(C)(C)C(=O)O)cc2C)ccc1-c1ncc(C(F)(F)F)[nH]1. The van der Waals surface area contributed by atoms with Crippen LogP contribution in [-0.4, -0.2) is 39.7 Å². The number of alkyl halides is 3. The summed E-state index contributed by atoms with van der Waals surface area (Å²) in [5, 5.41) is 9.19. The number of H-pyrrole nitrogens is 1. The highest BCUT2D eigenvalue weighted by Gasteiger charge is 2.33. The van der Waals surface area contributed by atoms with Crippen LogP contribution < -0.4 is 9.47 Å². The minimum atomic E-state index is -4.52. The van der Waals surface area contributed by atoms with Gasteiger partial charge in [0.2, 0.25) is 5.88 Å². The highest BCUT2D eigenvalue weighted by molar-refractivity contribution is 5.75. The summed E-state index contributed by atoms with van der Waals surface area (Å²) in [6, 6.07) is 6.72. The predicted molar refractivity (Wildman–Crippen MR) is 110 cm³/mol. The number of rotatable bonds is 7. The van der Waals surface area contributed by atoms with Crippen LogP contribution >= 0.6 is 0 Å². The van der Waals surface area contributed by atoms with Gasteiger partial charge < -0.3 is 19.6 Å². The number of nitrogens with one attached hydrogen (secondary N) is 1. The maximum atomic E-state index is 12.9. The second-order valence-corrected chi connectivity index (χ2v) is 7.87. The average Bonchev–Trinajstić information content (AvgIpc) is 3.22. The standard InChI is InChI=1S/C22H22F3N3O4/c1-12-7-18(32-11-21(2,3)20(29)30)26-9-15(12)13-5-6-14(16(8-13)31-4)19-27-10-17(28-19)22(23,24)25/h5-10H,11H2,1-4H3,(H,27,28)(H,29,30). The Labute approximate surface area is 182 Å². The van der Waals surface area contributed by atoms with Crippen LogP contribution in [0, 0.1) is 12.3 Å². The molecule has 2 heterocycles. The Morgan fingerprint density at radius 2 is 1.84 bits per heavy atom. The summed E-state index contributed by atoms with van der Waals surface area (Å²) in [4.78, 5) is 21.5. The summed E-state index contributed by atoms with van der Waals surface area (Å²) < 4.78 is 49.5. The Hall–Kier alpha value is -3.56. The molecule has 0 saturated carbocycles. The number of imidazole rings is 1. The molecule has 10 heteroatoms. The van der Waals surface area contributed by atoms with E-state index in [1.54, 1.807) is 44.3 Å². The number of carboxylic acids is 1. The average molecular weight is 449 g/mol. The molecule has 7 nitrogen and oxygen atoms in total. The number of aryl methyl sites for hydroxylation is 1. The molecule has 170 valence electrons. The smallest absolute Gasteiger partial charge is 0.432 e. The van der Waals surface area contributed by atoms with Gasteiger partial charge in [-0.25, -0.2) is 9.97 Å². The van der Waals surface area contributed by atoms with Crippen LogP contribution in [0.5, 0.6) is 11.6 Å². The fraction of sp³-hybridized carbons (Fsp3) is 0.318. The van der Waals surface area contributed by atoms with Crippen molar-refractivity contribution in [3.63, 3.8) is 0 Å². The Morgan fingerprint density at radius 1 is 1.12 bits per heavy atom. The Balaban J connectivity index is 1.87. The normalized spacial score (nSPS) is 12.0. The number of carbonyl (C=O) groups is 1. The molecule has 2 aromatic heterocycles. The highest BCUT2D eigenvalue weighted by Crippen LogP contribution is 2.36. The molecule has 3 aromatic rings. The van der Waals surface area contributed by atoms with Crippen molar-refractivity contribution in [2.45, 2.75) is 26.9 Å². The zero-order valence-electron chi connectivity index (χ0n) is 17.9. The maximum absolute atomic E-state index is 12.9. The second kappa shape index (κ2) is 8.52. The van der Waals surface area contributed by atoms with Gasteiger partial charge in [-0.15, -0.1) is 0 Å². The molecule has 0 spiro atoms. The number of aromatic nitrogens is 3. The Morgan fingerprint density at radius 3 is 2.41 bits per heavy atom. The van der Waals surface area contributed by atoms with Crippen LogP contribution in [0.1, 0.15) is 25.1 Å². The Bertz CT molecular complexity index is 1140. The fourth-order valence-electron chi connectivity index (χ4n) is 2.88. The first-order valence-electron chi connectivity index (χ1n) is 9.56. The lowest BCUT2D eigenvalue weighted by molar-refractivity contribution is -0.148. The maximum Gasteiger partial charge on any atom is 0.432 e. The topological polar surface area (TPSA) is 97.3 Å². The molecular weight excluding hydrogens is 427 g/mol. The number of benzene rings is 1. The van der Waals surface area contributed by atoms with E-state index in [0.717, 1.165) is 22.9 Å². The molecule has 32 heavy (non-hydrogen) atoms. The molecule has 0 radical (unpaired) electrons. The van der Waals surface area contributed by atoms with Crippen LogP contribution in [0.3, 0.4) is 0 Å². The number of carboxylic acid groups (broad SMARTS) is 1. The molecule has 0 amide bonds. The number of methoxy groups -OCH3 is 1. The Kier molecular flexibility index (Phi) is 6.16. The fourth-order valence-corrected chi connectivity index (χ4v) is 2.88. The molecule has 0 aliphatic carbocycles. The van der Waals surface area contributed by atoms with Crippen molar-refractivity contribution in [1.82, 2.24) is 15.0 Å². The third-order valence-corrected chi connectivity index (χ3v) is 4.89. The third-order valence-electron chi connectivity index (χ3n) is 4.89. The number of nitrogens with zero attached hydrogens (tertiary/aromatic N) is 2. The van der Waals surface area contributed by atoms with E-state index in [9.17, 15) is 23.1 Å². The molecular formula is C22H22F3N3O4. The van der Waals surface area contributed by atoms with Crippen molar-refractivity contribution in [3.8, 4) is 34.1 Å². The van der Waals surface area contributed by atoms with Gasteiger partial charge in [-0.05, 0) is 44.0 Å². The second-order valence-electron chi connectivity index (χ2n) is 7.87. The van der Waals surface area contributed by atoms with E-state index in [1.807, 2.05) is 6.92 Å². The molecule has 2 N–H and O–H groups in total. The summed E-state index contributed by atoms with van der Waals surface area (Å²) >= 11 is 0. The van der Waals surface area contributed by atoms with E-state index in [0.29, 0.717) is 17.2 Å². The van der Waals surface area contributed by atoms with Gasteiger partial charge in [-0.1, -0.05) is 6.07 Å². The van der Waals surface area contributed by atoms with E-state index in [1.165, 1.54) is 7.11 Å². The van der Waals surface area contributed by atoms with E-state index in [4.69, 9.17) is 9.47 Å². The molecule has 0 atom stereocenters. The molecule has 0 saturated heterocycles. The summed E-state index contributed by atoms with van der Waals surface area (Å²) in [6.07, 6.45) is -2.20. The molecule has 3 rings (SSSR count). The lowest BCUT2D eigenvalue weighted by atomic mass is 9.95. The van der Waals surface area contributed by atoms with Gasteiger partial charge in [0.25, 0.3) is 0 Å². The number of halogens is 3. The number of pyridine rings is 1. The van der Waals surface area contributed by atoms with Crippen molar-refractivity contribution in [3.05, 3.63) is 47.9 Å². The minimum Gasteiger partial charge on any atom is -0.496 e. The summed E-state index contributed by atoms with van der Waals surface area (Å²) in [5.41, 5.74) is 0.685. The van der Waals surface area contributed by atoms with Crippen LogP contribution in [0.15, 0.2) is 36.7 Å². The third kappa shape index (κ3) is 4.84. The first-order valence-corrected chi connectivity index (χ1v) is 9.56. The van der Waals surface area contributed by atoms with Gasteiger partial charge >= 0.3 is 12.1 Å². The van der Waals surface area contributed by atoms with Gasteiger partial charge in [0, 0.05) is 17.8 Å². The number of hydrogen-bond donors (Lipinski definition) is 2. The van der Waals surface area contributed by atoms with Gasteiger partial charge in [0.1, 0.15) is 23.9 Å². The monoisotopic (exact) mass is 449 g/mol. The van der Waals surface area contributed by atoms with Gasteiger partial charge in [0.15, 0.2) is 0 Å². The van der Waals surface area contributed by atoms with E-state index < -0.39 is 23.3 Å². The molecule has 0 bridgehead atoms. The zero-order chi connectivity index (χ0) is 23.7. The lowest BCUT2D eigenvalue weighted by Gasteiger charge is -2.19. The van der Waals surface area contributed by atoms with E-state index in [2.05, 4.69) is 15.0 Å². The van der Waals surface area contributed by atoms with Crippen LogP contribution in [0.4, 0.5) is 13.2 Å². The highest BCUT2D eigenvalue weighted by atomic mass is 19.4. The lowest BCUT2D eigenvalue weighted by Crippen LogP contribution is -2.30. The van der Waals surface area contributed by atoms with Crippen LogP contribution in [-0.2, 0) is 11.0 Å². The van der Waals surface area contributed by atoms with Crippen molar-refractivity contribution in [2.75, 3.05) is 13.7 Å². The van der Waals surface area contributed by atoms with Crippen molar-refractivity contribution in [1.29, 1.82) is 0 Å². The van der Waals surface area contributed by atoms with Gasteiger partial charge in [-0.2, -0.15) is 13.2 Å². The molecule has 0 aliphatic heterocycles. The van der Waals surface area contributed by atoms with Crippen molar-refractivity contribution < 1.29 is 32.5 Å². The van der Waals surface area contributed by atoms with Gasteiger partial charge in [0.05, 0.1) is 24.3 Å². The number of aliphatic carboxylic acids is 1. The van der Waals surface area contributed by atoms with E-state index in [-0.39, 0.29) is 12.4 Å². The van der Waals surface area contributed by atoms with Crippen molar-refractivity contribution >= 4 is 5.97 Å².